The number of nitrogens with zero attached hydrogens (tertiary/aromatic N) is 2. The largest absolute Gasteiger partial charge is 0.390 e. The topological polar surface area (TPSA) is 36.4 Å². The van der Waals surface area contributed by atoms with Crippen molar-refractivity contribution in [1.29, 1.82) is 0 Å². The van der Waals surface area contributed by atoms with Crippen molar-refractivity contribution in [2.45, 2.75) is 6.61 Å². The molecule has 0 spiro atoms. The first-order valence-corrected chi connectivity index (χ1v) is 7.81. The van der Waals surface area contributed by atoms with Crippen molar-refractivity contribution < 1.29 is 5.11 Å². The van der Waals surface area contributed by atoms with Gasteiger partial charge in [-0.3, -0.25) is 0 Å². The lowest BCUT2D eigenvalue weighted by atomic mass is 10.5. The summed E-state index contributed by atoms with van der Waals surface area (Å²) in [6, 6.07) is 0. The summed E-state index contributed by atoms with van der Waals surface area (Å²) in [5, 5.41) is 11.9. The van der Waals surface area contributed by atoms with Gasteiger partial charge in [-0.2, -0.15) is 0 Å². The summed E-state index contributed by atoms with van der Waals surface area (Å²) in [5.74, 6) is 2.30. The highest BCUT2D eigenvalue weighted by Crippen LogP contribution is 2.28. The molecule has 78 valence electrons. The number of aliphatic hydroxyl groups excluding tert-OH is 1. The highest BCUT2D eigenvalue weighted by Gasteiger charge is 2.13. The van der Waals surface area contributed by atoms with E-state index in [1.54, 1.807) is 11.3 Å². The molecule has 1 N–H and O–H groups in total. The fourth-order valence-electron chi connectivity index (χ4n) is 1.23. The van der Waals surface area contributed by atoms with E-state index in [1.165, 1.54) is 0 Å². The predicted octanol–water partition coefficient (Wildman–Crippen LogP) is 1.84. The average molecular weight is 248 g/mol. The number of thiazole rings is 1. The van der Waals surface area contributed by atoms with Gasteiger partial charge in [0.2, 0.25) is 0 Å². The molecule has 1 aliphatic rings. The van der Waals surface area contributed by atoms with Crippen LogP contribution in [0.25, 0.3) is 0 Å². The zero-order valence-electron chi connectivity index (χ0n) is 7.68. The third-order valence-corrected chi connectivity index (χ3v) is 5.26. The Morgan fingerprint density at radius 2 is 2.07 bits per heavy atom. The van der Waals surface area contributed by atoms with Crippen molar-refractivity contribution in [1.82, 2.24) is 4.98 Å². The Balaban J connectivity index is 2.04. The normalized spacial score (nSPS) is 18.2. The third-order valence-electron chi connectivity index (χ3n) is 1.94. The summed E-state index contributed by atoms with van der Waals surface area (Å²) in [4.78, 5) is 6.67. The first-order valence-electron chi connectivity index (χ1n) is 4.45. The molecule has 2 rings (SSSR count). The first kappa shape index (κ1) is 10.6. The van der Waals surface area contributed by atoms with Crippen molar-refractivity contribution in [3.63, 3.8) is 0 Å². The van der Waals surface area contributed by atoms with Crippen molar-refractivity contribution in [2.24, 2.45) is 0 Å². The summed E-state index contributed by atoms with van der Waals surface area (Å²) in [7, 11) is 3.86. The Kier molecular flexibility index (Phi) is 3.98. The molecular weight excluding hydrogens is 236 g/mol. The van der Waals surface area contributed by atoms with Crippen LogP contribution in [0.5, 0.6) is 0 Å². The van der Waals surface area contributed by atoms with Gasteiger partial charge in [0.1, 0.15) is 0 Å². The lowest BCUT2D eigenvalue weighted by Gasteiger charge is -2.17. The molecule has 0 unspecified atom stereocenters. The number of aromatic nitrogens is 1. The minimum atomic E-state index is 0.0494. The van der Waals surface area contributed by atoms with Crippen LogP contribution in [0.2, 0.25) is 0 Å². The summed E-state index contributed by atoms with van der Waals surface area (Å²) >= 11 is 1.63. The second-order valence-electron chi connectivity index (χ2n) is 2.91. The smallest absolute Gasteiger partial charge is 0.185 e. The van der Waals surface area contributed by atoms with Crippen molar-refractivity contribution in [3.8, 4) is 0 Å². The molecule has 0 amide bonds. The quantitative estimate of drug-likeness (QED) is 0.808. The maximum Gasteiger partial charge on any atom is 0.185 e. The fourth-order valence-corrected chi connectivity index (χ4v) is 4.08. The van der Waals surface area contributed by atoms with Gasteiger partial charge in [-0.05, 0) is 0 Å². The Morgan fingerprint density at radius 3 is 2.64 bits per heavy atom. The zero-order valence-corrected chi connectivity index (χ0v) is 10.1. The van der Waals surface area contributed by atoms with Crippen LogP contribution in [0.1, 0.15) is 5.69 Å². The third kappa shape index (κ3) is 2.56. The van der Waals surface area contributed by atoms with E-state index < -0.39 is 0 Å². The summed E-state index contributed by atoms with van der Waals surface area (Å²) in [6.07, 6.45) is 0. The molecular formula is C8H12N2OS3. The maximum absolute atomic E-state index is 8.92. The average Bonchev–Trinajstić information content (AvgIpc) is 2.53. The van der Waals surface area contributed by atoms with Gasteiger partial charge in [0.05, 0.1) is 12.3 Å². The van der Waals surface area contributed by atoms with E-state index in [-0.39, 0.29) is 6.61 Å². The van der Waals surface area contributed by atoms with E-state index >= 15 is 0 Å². The van der Waals surface area contributed by atoms with Gasteiger partial charge < -0.3 is 10.0 Å². The minimum Gasteiger partial charge on any atom is -0.390 e. The maximum atomic E-state index is 8.92. The fraction of sp³-hybridized carbons (Fsp3) is 0.625. The van der Waals surface area contributed by atoms with Gasteiger partial charge in [-0.15, -0.1) is 11.3 Å². The van der Waals surface area contributed by atoms with Crippen molar-refractivity contribution in [3.05, 3.63) is 11.1 Å². The van der Waals surface area contributed by atoms with Crippen LogP contribution in [-0.2, 0) is 6.61 Å². The second-order valence-corrected chi connectivity index (χ2v) is 6.45. The van der Waals surface area contributed by atoms with Gasteiger partial charge in [0, 0.05) is 30.0 Å². The van der Waals surface area contributed by atoms with Crippen LogP contribution >= 0.6 is 32.9 Å². The standard InChI is InChI=1S/C8H12N2OS3/c11-5-7-6-12-8(9-7)10-1-3-13-14-4-2-10/h6,11H,1-5H2. The second kappa shape index (κ2) is 5.25. The Hall–Kier alpha value is 0.0900. The highest BCUT2D eigenvalue weighted by molar-refractivity contribution is 8.76. The van der Waals surface area contributed by atoms with Crippen LogP contribution in [-0.4, -0.2) is 34.7 Å². The molecule has 0 bridgehead atoms. The van der Waals surface area contributed by atoms with Crippen molar-refractivity contribution >= 4 is 38.1 Å². The molecule has 0 saturated carbocycles. The van der Waals surface area contributed by atoms with Crippen LogP contribution < -0.4 is 4.90 Å². The molecule has 1 aromatic heterocycles. The lowest BCUT2D eigenvalue weighted by molar-refractivity contribution is 0.277. The van der Waals surface area contributed by atoms with E-state index in [4.69, 9.17) is 5.11 Å². The van der Waals surface area contributed by atoms with Gasteiger partial charge in [0.15, 0.2) is 5.13 Å². The van der Waals surface area contributed by atoms with Gasteiger partial charge >= 0.3 is 0 Å². The van der Waals surface area contributed by atoms with Crippen LogP contribution in [0, 0.1) is 0 Å². The van der Waals surface area contributed by atoms with Crippen molar-refractivity contribution in [2.75, 3.05) is 29.5 Å². The molecule has 1 saturated heterocycles. The van der Waals surface area contributed by atoms with E-state index in [0.29, 0.717) is 0 Å². The predicted molar refractivity (Wildman–Crippen MR) is 65.2 cm³/mol. The van der Waals surface area contributed by atoms with Gasteiger partial charge in [0.25, 0.3) is 0 Å². The van der Waals surface area contributed by atoms with Gasteiger partial charge in [-0.1, -0.05) is 21.6 Å². The van der Waals surface area contributed by atoms with E-state index in [0.717, 1.165) is 35.4 Å². The molecule has 2 heterocycles. The van der Waals surface area contributed by atoms with Gasteiger partial charge in [-0.25, -0.2) is 4.98 Å². The highest BCUT2D eigenvalue weighted by atomic mass is 33.1. The summed E-state index contributed by atoms with van der Waals surface area (Å²) in [5.41, 5.74) is 0.787. The zero-order chi connectivity index (χ0) is 9.80. The molecule has 1 aromatic rings. The summed E-state index contributed by atoms with van der Waals surface area (Å²) < 4.78 is 0. The lowest BCUT2D eigenvalue weighted by Crippen LogP contribution is -2.26. The van der Waals surface area contributed by atoms with Crippen LogP contribution in [0.4, 0.5) is 5.13 Å². The van der Waals surface area contributed by atoms with Crippen LogP contribution in [0.15, 0.2) is 5.38 Å². The molecule has 1 aliphatic heterocycles. The minimum absolute atomic E-state index is 0.0494. The molecule has 1 fully saturated rings. The number of aliphatic hydroxyl groups is 1. The molecule has 0 atom stereocenters. The monoisotopic (exact) mass is 248 g/mol. The van der Waals surface area contributed by atoms with E-state index in [1.807, 2.05) is 27.0 Å². The number of rotatable bonds is 2. The number of hydrogen-bond donors (Lipinski definition) is 1. The molecule has 0 radical (unpaired) electrons. The molecule has 0 aliphatic carbocycles. The van der Waals surface area contributed by atoms with E-state index in [9.17, 15) is 0 Å². The Labute approximate surface area is 95.3 Å². The molecule has 0 aromatic carbocycles. The SMILES string of the molecule is OCc1csc(N2CCSSCC2)n1. The summed E-state index contributed by atoms with van der Waals surface area (Å²) in [6.45, 7) is 2.18. The molecule has 14 heavy (non-hydrogen) atoms. The number of hydrogen-bond acceptors (Lipinski definition) is 6. The van der Waals surface area contributed by atoms with Crippen LogP contribution in [0.3, 0.4) is 0 Å². The molecule has 6 heteroatoms. The number of anilines is 1. The first-order chi connectivity index (χ1) is 6.90. The molecule has 3 nitrogen and oxygen atoms in total. The Morgan fingerprint density at radius 1 is 1.36 bits per heavy atom. The Bertz CT molecular complexity index is 284. The van der Waals surface area contributed by atoms with E-state index in [2.05, 4.69) is 9.88 Å².